The van der Waals surface area contributed by atoms with Gasteiger partial charge in [0.2, 0.25) is 0 Å². The second-order valence-electron chi connectivity index (χ2n) is 6.58. The molecule has 25 heavy (non-hydrogen) atoms. The Morgan fingerprint density at radius 3 is 2.60 bits per heavy atom. The van der Waals surface area contributed by atoms with Crippen molar-refractivity contribution in [1.29, 1.82) is 0 Å². The van der Waals surface area contributed by atoms with Gasteiger partial charge in [0, 0.05) is 30.4 Å². The molecule has 1 unspecified atom stereocenters. The predicted molar refractivity (Wildman–Crippen MR) is 102 cm³/mol. The minimum atomic E-state index is -0.0164. The zero-order valence-electron chi connectivity index (χ0n) is 15.2. The number of hydrogen-bond acceptors (Lipinski definition) is 3. The van der Waals surface area contributed by atoms with Crippen molar-refractivity contribution in [2.75, 3.05) is 7.11 Å². The summed E-state index contributed by atoms with van der Waals surface area (Å²) in [5.41, 5.74) is 3.35. The molecule has 0 amide bonds. The van der Waals surface area contributed by atoms with Gasteiger partial charge in [-0.1, -0.05) is 6.92 Å². The molecule has 1 heterocycles. The van der Waals surface area contributed by atoms with E-state index in [9.17, 15) is 4.79 Å². The molecule has 3 rings (SSSR count). The van der Waals surface area contributed by atoms with Crippen LogP contribution in [-0.4, -0.2) is 22.4 Å². The van der Waals surface area contributed by atoms with E-state index in [1.807, 2.05) is 25.3 Å². The lowest BCUT2D eigenvalue weighted by Crippen LogP contribution is -2.23. The second kappa shape index (κ2) is 8.52. The van der Waals surface area contributed by atoms with Crippen molar-refractivity contribution in [1.82, 2.24) is 9.55 Å². The molecule has 1 aromatic carbocycles. The van der Waals surface area contributed by atoms with Crippen molar-refractivity contribution in [3.63, 3.8) is 0 Å². The van der Waals surface area contributed by atoms with E-state index >= 15 is 0 Å². The molecule has 0 aliphatic heterocycles. The maximum Gasteiger partial charge on any atom is 0.168 e. The van der Waals surface area contributed by atoms with Crippen LogP contribution in [0, 0.1) is 12.8 Å². The van der Waals surface area contributed by atoms with Gasteiger partial charge in [-0.2, -0.15) is 0 Å². The van der Waals surface area contributed by atoms with Crippen LogP contribution < -0.4 is 4.74 Å². The normalized spacial score (nSPS) is 14.4. The van der Waals surface area contributed by atoms with Crippen LogP contribution in [0.4, 0.5) is 0 Å². The Kier molecular flexibility index (Phi) is 6.65. The number of imidazole rings is 1. The number of benzene rings is 1. The summed E-state index contributed by atoms with van der Waals surface area (Å²) in [5.74, 6) is 2.13. The smallest absolute Gasteiger partial charge is 0.168 e. The summed E-state index contributed by atoms with van der Waals surface area (Å²) in [5, 5.41) is 0. The SMILES string of the molecule is CCC(Cn1ccnc1C)C(=O)c1ccc(OC)c2c1CCCC2.Cl. The molecule has 0 N–H and O–H groups in total. The van der Waals surface area contributed by atoms with Gasteiger partial charge in [-0.05, 0) is 62.3 Å². The zero-order chi connectivity index (χ0) is 17.1. The number of rotatable bonds is 6. The highest BCUT2D eigenvalue weighted by molar-refractivity contribution is 5.99. The van der Waals surface area contributed by atoms with Gasteiger partial charge >= 0.3 is 0 Å². The zero-order valence-corrected chi connectivity index (χ0v) is 16.1. The first-order valence-electron chi connectivity index (χ1n) is 8.86. The molecule has 5 heteroatoms. The van der Waals surface area contributed by atoms with Crippen LogP contribution in [0.2, 0.25) is 0 Å². The van der Waals surface area contributed by atoms with Crippen molar-refractivity contribution < 1.29 is 9.53 Å². The Morgan fingerprint density at radius 1 is 1.28 bits per heavy atom. The number of ether oxygens (including phenoxy) is 1. The van der Waals surface area contributed by atoms with Gasteiger partial charge in [0.15, 0.2) is 5.78 Å². The summed E-state index contributed by atoms with van der Waals surface area (Å²) >= 11 is 0. The summed E-state index contributed by atoms with van der Waals surface area (Å²) in [6, 6.07) is 3.93. The number of carbonyl (C=O) groups is 1. The van der Waals surface area contributed by atoms with Crippen molar-refractivity contribution >= 4 is 18.2 Å². The number of nitrogens with zero attached hydrogens (tertiary/aromatic N) is 2. The highest BCUT2D eigenvalue weighted by Gasteiger charge is 2.25. The molecule has 0 bridgehead atoms. The van der Waals surface area contributed by atoms with E-state index < -0.39 is 0 Å². The molecule has 136 valence electrons. The number of halogens is 1. The third-order valence-electron chi connectivity index (χ3n) is 5.18. The average molecular weight is 363 g/mol. The van der Waals surface area contributed by atoms with E-state index in [0.717, 1.165) is 42.8 Å². The Bertz CT molecular complexity index is 739. The fourth-order valence-electron chi connectivity index (χ4n) is 3.71. The lowest BCUT2D eigenvalue weighted by molar-refractivity contribution is 0.0901. The first-order chi connectivity index (χ1) is 11.7. The van der Waals surface area contributed by atoms with E-state index in [4.69, 9.17) is 4.74 Å². The van der Waals surface area contributed by atoms with Gasteiger partial charge in [0.1, 0.15) is 11.6 Å². The van der Waals surface area contributed by atoms with Gasteiger partial charge in [-0.15, -0.1) is 12.4 Å². The maximum absolute atomic E-state index is 13.2. The van der Waals surface area contributed by atoms with Crippen LogP contribution in [0.15, 0.2) is 24.5 Å². The standard InChI is InChI=1S/C20H26N2O2.ClH/c1-4-15(13-22-12-11-21-14(22)2)20(23)18-9-10-19(24-3)17-8-6-5-7-16(17)18;/h9-12,15H,4-8,13H2,1-3H3;1H. The van der Waals surface area contributed by atoms with Gasteiger partial charge in [-0.3, -0.25) is 4.79 Å². The van der Waals surface area contributed by atoms with Crippen molar-refractivity contribution in [3.8, 4) is 5.75 Å². The van der Waals surface area contributed by atoms with Crippen molar-refractivity contribution in [2.45, 2.75) is 52.5 Å². The Balaban J connectivity index is 0.00000225. The highest BCUT2D eigenvalue weighted by atomic mass is 35.5. The molecule has 0 spiro atoms. The molecule has 1 aliphatic rings. The molecular formula is C20H27ClN2O2. The summed E-state index contributed by atoms with van der Waals surface area (Å²) in [4.78, 5) is 17.5. The minimum absolute atomic E-state index is 0. The van der Waals surface area contributed by atoms with Crippen molar-refractivity contribution in [3.05, 3.63) is 47.0 Å². The lowest BCUT2D eigenvalue weighted by atomic mass is 9.83. The molecule has 1 aromatic heterocycles. The van der Waals surface area contributed by atoms with E-state index in [-0.39, 0.29) is 24.1 Å². The van der Waals surface area contributed by atoms with E-state index in [1.165, 1.54) is 17.5 Å². The summed E-state index contributed by atoms with van der Waals surface area (Å²) < 4.78 is 7.58. The van der Waals surface area contributed by atoms with Gasteiger partial charge in [-0.25, -0.2) is 4.98 Å². The molecular weight excluding hydrogens is 336 g/mol. The van der Waals surface area contributed by atoms with Crippen LogP contribution in [0.5, 0.6) is 5.75 Å². The number of aromatic nitrogens is 2. The second-order valence-corrected chi connectivity index (χ2v) is 6.58. The van der Waals surface area contributed by atoms with Crippen LogP contribution in [0.3, 0.4) is 0 Å². The van der Waals surface area contributed by atoms with E-state index in [0.29, 0.717) is 6.54 Å². The third kappa shape index (κ3) is 3.90. The number of carbonyl (C=O) groups excluding carboxylic acids is 1. The molecule has 0 saturated carbocycles. The van der Waals surface area contributed by atoms with Crippen LogP contribution in [-0.2, 0) is 19.4 Å². The van der Waals surface area contributed by atoms with Crippen LogP contribution in [0.25, 0.3) is 0 Å². The first-order valence-corrected chi connectivity index (χ1v) is 8.86. The molecule has 1 aliphatic carbocycles. The number of hydrogen-bond donors (Lipinski definition) is 0. The van der Waals surface area contributed by atoms with Crippen LogP contribution in [0.1, 0.15) is 53.5 Å². The molecule has 0 radical (unpaired) electrons. The molecule has 2 aromatic rings. The lowest BCUT2D eigenvalue weighted by Gasteiger charge is -2.23. The molecule has 0 saturated heterocycles. The third-order valence-corrected chi connectivity index (χ3v) is 5.18. The first kappa shape index (κ1) is 19.5. The van der Waals surface area contributed by atoms with Gasteiger partial charge < -0.3 is 9.30 Å². The van der Waals surface area contributed by atoms with Crippen molar-refractivity contribution in [2.24, 2.45) is 5.92 Å². The van der Waals surface area contributed by atoms with Gasteiger partial charge in [0.25, 0.3) is 0 Å². The summed E-state index contributed by atoms with van der Waals surface area (Å²) in [6.07, 6.45) is 8.89. The predicted octanol–water partition coefficient (Wildman–Crippen LogP) is 4.41. The number of fused-ring (bicyclic) bond motifs is 1. The fourth-order valence-corrected chi connectivity index (χ4v) is 3.71. The Morgan fingerprint density at radius 2 is 2.00 bits per heavy atom. The summed E-state index contributed by atoms with van der Waals surface area (Å²) in [7, 11) is 1.71. The molecule has 1 atom stereocenters. The average Bonchev–Trinajstić information content (AvgIpc) is 3.02. The molecule has 4 nitrogen and oxygen atoms in total. The van der Waals surface area contributed by atoms with E-state index in [1.54, 1.807) is 13.3 Å². The summed E-state index contributed by atoms with van der Waals surface area (Å²) in [6.45, 7) is 4.76. The number of aryl methyl sites for hydroxylation is 1. The Hall–Kier alpha value is -1.81. The molecule has 0 fully saturated rings. The fraction of sp³-hybridized carbons (Fsp3) is 0.500. The monoisotopic (exact) mass is 362 g/mol. The maximum atomic E-state index is 13.2. The number of ketones is 1. The quantitative estimate of drug-likeness (QED) is 0.715. The number of Topliss-reactive ketones (excluding diaryl/α,β-unsaturated/α-hetero) is 1. The highest BCUT2D eigenvalue weighted by Crippen LogP contribution is 2.33. The van der Waals surface area contributed by atoms with Gasteiger partial charge in [0.05, 0.1) is 7.11 Å². The topological polar surface area (TPSA) is 44.1 Å². The number of methoxy groups -OCH3 is 1. The Labute approximate surface area is 156 Å². The minimum Gasteiger partial charge on any atom is -0.496 e. The van der Waals surface area contributed by atoms with Crippen LogP contribution >= 0.6 is 12.4 Å². The van der Waals surface area contributed by atoms with E-state index in [2.05, 4.69) is 16.5 Å². The largest absolute Gasteiger partial charge is 0.496 e.